The van der Waals surface area contributed by atoms with Gasteiger partial charge in [0.05, 0.1) is 17.5 Å². The number of fused-ring (bicyclic) bond motifs is 1. The van der Waals surface area contributed by atoms with E-state index in [-0.39, 0.29) is 18.1 Å². The summed E-state index contributed by atoms with van der Waals surface area (Å²) < 4.78 is 14.7. The smallest absolute Gasteiger partial charge is 0.172 e. The van der Waals surface area contributed by atoms with Crippen LogP contribution in [0.15, 0.2) is 78.0 Å². The van der Waals surface area contributed by atoms with E-state index < -0.39 is 5.41 Å². The van der Waals surface area contributed by atoms with E-state index in [0.717, 1.165) is 16.8 Å². The molecule has 5 nitrogen and oxygen atoms in total. The molecular weight excluding hydrogens is 411 g/mol. The highest BCUT2D eigenvalue weighted by Crippen LogP contribution is 2.30. The molecule has 0 bridgehead atoms. The first-order chi connectivity index (χ1) is 14.9. The van der Waals surface area contributed by atoms with E-state index in [2.05, 4.69) is 9.97 Å². The first-order valence-corrected chi connectivity index (χ1v) is 10.5. The van der Waals surface area contributed by atoms with Gasteiger partial charge in [0.15, 0.2) is 29.6 Å². The predicted octanol–water partition coefficient (Wildman–Crippen LogP) is 6.21. The lowest BCUT2D eigenvalue weighted by Crippen LogP contribution is -2.20. The van der Waals surface area contributed by atoms with Crippen LogP contribution in [0.3, 0.4) is 0 Å². The Morgan fingerprint density at radius 1 is 1.00 bits per heavy atom. The van der Waals surface area contributed by atoms with Crippen molar-refractivity contribution >= 4 is 40.8 Å². The van der Waals surface area contributed by atoms with Gasteiger partial charge in [0.1, 0.15) is 5.52 Å². The van der Waals surface area contributed by atoms with Crippen molar-refractivity contribution in [2.24, 2.45) is 10.4 Å². The summed E-state index contributed by atoms with van der Waals surface area (Å²) in [5.74, 6) is 0.215. The fraction of sp³-hybridized carbons (Fsp3) is 0.167. The summed E-state index contributed by atoms with van der Waals surface area (Å²) in [5.41, 5.74) is 2.92. The zero-order chi connectivity index (χ0) is 22.0. The van der Waals surface area contributed by atoms with Crippen molar-refractivity contribution < 1.29 is 8.68 Å². The van der Waals surface area contributed by atoms with Gasteiger partial charge >= 0.3 is 0 Å². The van der Waals surface area contributed by atoms with Crippen molar-refractivity contribution in [1.82, 2.24) is 13.9 Å². The molecule has 2 aromatic heterocycles. The van der Waals surface area contributed by atoms with Crippen LogP contribution in [-0.4, -0.2) is 25.4 Å². The SMILES string of the molecule is CC(C)(C)C(=O)c1cn(SF)c2ncc(N=C(c3ccccc3)c3ccccc3)nc12. The minimum Gasteiger partial charge on any atom is -0.293 e. The molecule has 0 aliphatic rings. The predicted molar refractivity (Wildman–Crippen MR) is 124 cm³/mol. The highest BCUT2D eigenvalue weighted by molar-refractivity contribution is 7.92. The second-order valence-electron chi connectivity index (χ2n) is 8.11. The van der Waals surface area contributed by atoms with Gasteiger partial charge in [-0.15, -0.1) is 3.89 Å². The molecule has 0 radical (unpaired) electrons. The summed E-state index contributed by atoms with van der Waals surface area (Å²) in [6, 6.07) is 19.6. The Balaban J connectivity index is 1.90. The van der Waals surface area contributed by atoms with E-state index in [1.54, 1.807) is 0 Å². The zero-order valence-corrected chi connectivity index (χ0v) is 18.2. The number of Topliss-reactive ketones (excluding diaryl/α,β-unsaturated/α-hetero) is 1. The normalized spacial score (nSPS) is 11.5. The molecule has 0 fully saturated rings. The van der Waals surface area contributed by atoms with Gasteiger partial charge in [0.25, 0.3) is 0 Å². The molecule has 0 aliphatic heterocycles. The molecule has 0 saturated heterocycles. The Kier molecular flexibility index (Phi) is 5.69. The van der Waals surface area contributed by atoms with Crippen LogP contribution in [0.2, 0.25) is 0 Å². The number of hydrogen-bond donors (Lipinski definition) is 0. The molecule has 31 heavy (non-hydrogen) atoms. The van der Waals surface area contributed by atoms with E-state index in [1.165, 1.54) is 16.4 Å². The molecule has 0 unspecified atom stereocenters. The van der Waals surface area contributed by atoms with Gasteiger partial charge < -0.3 is 0 Å². The maximum absolute atomic E-state index is 13.5. The van der Waals surface area contributed by atoms with E-state index in [0.29, 0.717) is 22.5 Å². The maximum atomic E-state index is 13.5. The Bertz CT molecular complexity index is 1220. The van der Waals surface area contributed by atoms with Crippen LogP contribution in [0.25, 0.3) is 11.2 Å². The number of benzene rings is 2. The molecular formula is C24H21FN4OS. The van der Waals surface area contributed by atoms with Crippen molar-refractivity contribution in [3.05, 3.63) is 89.7 Å². The first-order valence-electron chi connectivity index (χ1n) is 9.80. The van der Waals surface area contributed by atoms with E-state index in [4.69, 9.17) is 4.99 Å². The fourth-order valence-corrected chi connectivity index (χ4v) is 3.58. The van der Waals surface area contributed by atoms with E-state index in [1.807, 2.05) is 81.4 Å². The van der Waals surface area contributed by atoms with Crippen LogP contribution in [0, 0.1) is 5.41 Å². The zero-order valence-electron chi connectivity index (χ0n) is 17.4. The van der Waals surface area contributed by atoms with E-state index in [9.17, 15) is 8.68 Å². The Hall–Kier alpha value is -3.32. The molecule has 0 saturated carbocycles. The van der Waals surface area contributed by atoms with Gasteiger partial charge in [-0.1, -0.05) is 81.4 Å². The van der Waals surface area contributed by atoms with Crippen LogP contribution in [0.5, 0.6) is 0 Å². The number of rotatable bonds is 5. The number of halogens is 1. The lowest BCUT2D eigenvalue weighted by Gasteiger charge is -2.15. The number of carbonyl (C=O) groups is 1. The number of nitrogens with zero attached hydrogens (tertiary/aromatic N) is 4. The van der Waals surface area contributed by atoms with Crippen LogP contribution in [0.4, 0.5) is 9.70 Å². The fourth-order valence-electron chi connectivity index (χ4n) is 3.23. The summed E-state index contributed by atoms with van der Waals surface area (Å²) in [4.78, 5) is 26.7. The molecule has 7 heteroatoms. The summed E-state index contributed by atoms with van der Waals surface area (Å²) >= 11 is -0.0132. The molecule has 4 rings (SSSR count). The summed E-state index contributed by atoms with van der Waals surface area (Å²) in [6.45, 7) is 5.46. The quantitative estimate of drug-likeness (QED) is 0.278. The second-order valence-corrected chi connectivity index (χ2v) is 8.64. The topological polar surface area (TPSA) is 60.1 Å². The summed E-state index contributed by atoms with van der Waals surface area (Å²) in [7, 11) is 0. The monoisotopic (exact) mass is 432 g/mol. The van der Waals surface area contributed by atoms with Crippen molar-refractivity contribution in [1.29, 1.82) is 0 Å². The molecule has 2 heterocycles. The molecule has 0 amide bonds. The highest BCUT2D eigenvalue weighted by atomic mass is 32.2. The molecule has 0 spiro atoms. The molecule has 156 valence electrons. The van der Waals surface area contributed by atoms with Crippen LogP contribution in [-0.2, 0) is 0 Å². The van der Waals surface area contributed by atoms with Crippen molar-refractivity contribution in [2.45, 2.75) is 20.8 Å². The Morgan fingerprint density at radius 2 is 1.58 bits per heavy atom. The van der Waals surface area contributed by atoms with Crippen molar-refractivity contribution in [3.63, 3.8) is 0 Å². The number of ketones is 1. The third kappa shape index (κ3) is 4.27. The standard InChI is InChI=1S/C24H21FN4OS/c1-24(2,3)22(30)18-15-29(31-25)23-21(18)28-19(14-26-23)27-20(16-10-6-4-7-11-16)17-12-8-5-9-13-17/h4-15H,1-3H3. The van der Waals surface area contributed by atoms with Gasteiger partial charge in [-0.25, -0.2) is 18.9 Å². The minimum absolute atomic E-state index is 0.0132. The molecule has 4 aromatic rings. The average molecular weight is 433 g/mol. The molecule has 2 aromatic carbocycles. The summed E-state index contributed by atoms with van der Waals surface area (Å²) in [6.07, 6.45) is 2.94. The van der Waals surface area contributed by atoms with Gasteiger partial charge in [0, 0.05) is 22.7 Å². The van der Waals surface area contributed by atoms with E-state index >= 15 is 0 Å². The summed E-state index contributed by atoms with van der Waals surface area (Å²) in [5, 5.41) is 0. The Labute approximate surface area is 184 Å². The maximum Gasteiger partial charge on any atom is 0.172 e. The largest absolute Gasteiger partial charge is 0.293 e. The third-order valence-corrected chi connectivity index (χ3v) is 5.20. The van der Waals surface area contributed by atoms with Gasteiger partial charge in [0.2, 0.25) is 0 Å². The second kappa shape index (κ2) is 8.43. The van der Waals surface area contributed by atoms with Gasteiger partial charge in [-0.2, -0.15) is 0 Å². The number of carbonyl (C=O) groups excluding carboxylic acids is 1. The Morgan fingerprint density at radius 3 is 2.10 bits per heavy atom. The van der Waals surface area contributed by atoms with Crippen molar-refractivity contribution in [2.75, 3.05) is 0 Å². The number of aromatic nitrogens is 3. The lowest BCUT2D eigenvalue weighted by atomic mass is 9.87. The average Bonchev–Trinajstić information content (AvgIpc) is 3.15. The third-order valence-electron chi connectivity index (χ3n) is 4.77. The van der Waals surface area contributed by atoms with Crippen molar-refractivity contribution in [3.8, 4) is 0 Å². The molecule has 0 N–H and O–H groups in total. The lowest BCUT2D eigenvalue weighted by molar-refractivity contribution is 0.0860. The minimum atomic E-state index is -0.639. The number of hydrogen-bond acceptors (Lipinski definition) is 5. The number of aliphatic imine (C=N–C) groups is 1. The van der Waals surface area contributed by atoms with Crippen LogP contribution < -0.4 is 0 Å². The highest BCUT2D eigenvalue weighted by Gasteiger charge is 2.28. The molecule has 0 atom stereocenters. The molecule has 0 aliphatic carbocycles. The van der Waals surface area contributed by atoms with Crippen LogP contribution in [0.1, 0.15) is 42.3 Å². The van der Waals surface area contributed by atoms with Crippen LogP contribution >= 0.6 is 12.3 Å². The first kappa shape index (κ1) is 20.9. The van der Waals surface area contributed by atoms with Gasteiger partial charge in [-0.05, 0) is 0 Å². The van der Waals surface area contributed by atoms with Gasteiger partial charge in [-0.3, -0.25) is 4.79 Å².